The first kappa shape index (κ1) is 22.0. The second kappa shape index (κ2) is 9.52. The average Bonchev–Trinajstić information content (AvgIpc) is 3.25. The van der Waals surface area contributed by atoms with E-state index in [1.165, 1.54) is 42.2 Å². The summed E-state index contributed by atoms with van der Waals surface area (Å²) in [6.07, 6.45) is 3.59. The molecule has 1 saturated heterocycles. The zero-order valence-corrected chi connectivity index (χ0v) is 18.3. The van der Waals surface area contributed by atoms with Crippen molar-refractivity contribution in [3.05, 3.63) is 77.6 Å². The van der Waals surface area contributed by atoms with Gasteiger partial charge in [0.05, 0.1) is 12.6 Å². The molecule has 2 aromatic carbocycles. The fraction of sp³-hybridized carbons (Fsp3) is 0.261. The molecule has 1 aliphatic rings. The lowest BCUT2D eigenvalue weighted by Crippen LogP contribution is -2.51. The molecule has 2 amide bonds. The number of nitrogens with zero attached hydrogens (tertiary/aromatic N) is 4. The van der Waals surface area contributed by atoms with Gasteiger partial charge in [-0.3, -0.25) is 14.2 Å². The predicted octanol–water partition coefficient (Wildman–Crippen LogP) is 3.40. The molecule has 32 heavy (non-hydrogen) atoms. The van der Waals surface area contributed by atoms with Crippen molar-refractivity contribution in [2.45, 2.75) is 11.6 Å². The first-order valence-electron chi connectivity index (χ1n) is 10.2. The molecule has 9 heteroatoms. The molecular formula is C23H22F2N4O2S. The number of imidazole rings is 1. The van der Waals surface area contributed by atoms with Crippen LogP contribution in [0.1, 0.15) is 16.1 Å². The average molecular weight is 457 g/mol. The number of rotatable bonds is 5. The van der Waals surface area contributed by atoms with Crippen molar-refractivity contribution in [1.82, 2.24) is 19.4 Å². The van der Waals surface area contributed by atoms with E-state index in [-0.39, 0.29) is 29.9 Å². The number of hydrogen-bond acceptors (Lipinski definition) is 4. The van der Waals surface area contributed by atoms with Crippen LogP contribution in [0, 0.1) is 11.6 Å². The van der Waals surface area contributed by atoms with Gasteiger partial charge in [0, 0.05) is 31.9 Å². The number of benzene rings is 2. The number of hydrogen-bond donors (Lipinski definition) is 0. The maximum absolute atomic E-state index is 13.4. The molecule has 1 fully saturated rings. The molecule has 0 unspecified atom stereocenters. The summed E-state index contributed by atoms with van der Waals surface area (Å²) >= 11 is 1.40. The summed E-state index contributed by atoms with van der Waals surface area (Å²) in [4.78, 5) is 33.6. The first-order valence-corrected chi connectivity index (χ1v) is 11.4. The lowest BCUT2D eigenvalue weighted by atomic mass is 10.1. The Morgan fingerprint density at radius 3 is 2.06 bits per heavy atom. The minimum atomic E-state index is -0.353. The van der Waals surface area contributed by atoms with Crippen molar-refractivity contribution in [3.8, 4) is 5.69 Å². The molecule has 0 radical (unpaired) electrons. The molecule has 1 aliphatic heterocycles. The van der Waals surface area contributed by atoms with E-state index in [0.29, 0.717) is 42.7 Å². The Morgan fingerprint density at radius 2 is 1.47 bits per heavy atom. The highest BCUT2D eigenvalue weighted by Crippen LogP contribution is 2.23. The SMILES string of the molecule is CSc1ncc(C(=O)N2CCN(C(=O)Cc3ccc(F)cc3)CC2)n1-c1ccc(F)cc1. The Morgan fingerprint density at radius 1 is 0.906 bits per heavy atom. The minimum absolute atomic E-state index is 0.0512. The van der Waals surface area contributed by atoms with Crippen LogP contribution in [0.3, 0.4) is 0 Å². The van der Waals surface area contributed by atoms with Crippen LogP contribution in [0.2, 0.25) is 0 Å². The Kier molecular flexibility index (Phi) is 6.55. The van der Waals surface area contributed by atoms with E-state index >= 15 is 0 Å². The van der Waals surface area contributed by atoms with E-state index in [0.717, 1.165) is 5.56 Å². The van der Waals surface area contributed by atoms with Crippen LogP contribution in [-0.2, 0) is 11.2 Å². The van der Waals surface area contributed by atoms with Gasteiger partial charge in [0.1, 0.15) is 17.3 Å². The third kappa shape index (κ3) is 4.67. The Hall–Kier alpha value is -3.20. The van der Waals surface area contributed by atoms with E-state index in [4.69, 9.17) is 0 Å². The Labute approximate surface area is 188 Å². The van der Waals surface area contributed by atoms with Crippen molar-refractivity contribution in [1.29, 1.82) is 0 Å². The van der Waals surface area contributed by atoms with E-state index < -0.39 is 0 Å². The van der Waals surface area contributed by atoms with Crippen LogP contribution >= 0.6 is 11.8 Å². The monoisotopic (exact) mass is 456 g/mol. The normalized spacial score (nSPS) is 14.0. The maximum atomic E-state index is 13.4. The lowest BCUT2D eigenvalue weighted by molar-refractivity contribution is -0.131. The molecule has 0 spiro atoms. The fourth-order valence-electron chi connectivity index (χ4n) is 3.68. The lowest BCUT2D eigenvalue weighted by Gasteiger charge is -2.35. The number of carbonyl (C=O) groups excluding carboxylic acids is 2. The van der Waals surface area contributed by atoms with Crippen LogP contribution in [-0.4, -0.2) is 63.6 Å². The molecule has 166 valence electrons. The van der Waals surface area contributed by atoms with Gasteiger partial charge in [0.25, 0.3) is 5.91 Å². The van der Waals surface area contributed by atoms with E-state index in [2.05, 4.69) is 4.98 Å². The molecule has 2 heterocycles. The highest BCUT2D eigenvalue weighted by molar-refractivity contribution is 7.98. The van der Waals surface area contributed by atoms with Gasteiger partial charge in [-0.1, -0.05) is 23.9 Å². The minimum Gasteiger partial charge on any atom is -0.339 e. The standard InChI is InChI=1S/C23H22F2N4O2S/c1-32-23-26-15-20(29(23)19-8-6-18(25)7-9-19)22(31)28-12-10-27(11-13-28)21(30)14-16-2-4-17(24)5-3-16/h2-9,15H,10-14H2,1H3. The van der Waals surface area contributed by atoms with Crippen LogP contribution in [0.4, 0.5) is 8.78 Å². The highest BCUT2D eigenvalue weighted by Gasteiger charge is 2.28. The van der Waals surface area contributed by atoms with E-state index in [1.54, 1.807) is 38.6 Å². The molecule has 0 bridgehead atoms. The van der Waals surface area contributed by atoms with Gasteiger partial charge < -0.3 is 9.80 Å². The molecule has 0 atom stereocenters. The van der Waals surface area contributed by atoms with Gasteiger partial charge >= 0.3 is 0 Å². The van der Waals surface area contributed by atoms with Crippen LogP contribution in [0.5, 0.6) is 0 Å². The van der Waals surface area contributed by atoms with Crippen molar-refractivity contribution in [3.63, 3.8) is 0 Å². The van der Waals surface area contributed by atoms with E-state index in [1.807, 2.05) is 6.26 Å². The van der Waals surface area contributed by atoms with Gasteiger partial charge in [-0.2, -0.15) is 0 Å². The van der Waals surface area contributed by atoms with Gasteiger partial charge in [-0.05, 0) is 48.2 Å². The van der Waals surface area contributed by atoms with Gasteiger partial charge in [-0.15, -0.1) is 0 Å². The molecule has 6 nitrogen and oxygen atoms in total. The highest BCUT2D eigenvalue weighted by atomic mass is 32.2. The predicted molar refractivity (Wildman–Crippen MR) is 118 cm³/mol. The second-order valence-electron chi connectivity index (χ2n) is 7.42. The van der Waals surface area contributed by atoms with E-state index in [9.17, 15) is 18.4 Å². The summed E-state index contributed by atoms with van der Waals surface area (Å²) in [6.45, 7) is 1.64. The summed E-state index contributed by atoms with van der Waals surface area (Å²) in [5.41, 5.74) is 1.81. The summed E-state index contributed by atoms with van der Waals surface area (Å²) in [7, 11) is 0. The largest absolute Gasteiger partial charge is 0.339 e. The number of aromatic nitrogens is 2. The fourth-order valence-corrected chi connectivity index (χ4v) is 4.22. The molecule has 0 aliphatic carbocycles. The summed E-state index contributed by atoms with van der Waals surface area (Å²) in [6, 6.07) is 11.8. The molecule has 0 saturated carbocycles. The van der Waals surface area contributed by atoms with Crippen molar-refractivity contribution in [2.24, 2.45) is 0 Å². The smallest absolute Gasteiger partial charge is 0.272 e. The van der Waals surface area contributed by atoms with Gasteiger partial charge in [0.15, 0.2) is 5.16 Å². The molecular weight excluding hydrogens is 434 g/mol. The summed E-state index contributed by atoms with van der Waals surface area (Å²) in [5, 5.41) is 0.632. The molecule has 1 aromatic heterocycles. The number of carbonyl (C=O) groups is 2. The van der Waals surface area contributed by atoms with Crippen molar-refractivity contribution in [2.75, 3.05) is 32.4 Å². The number of amides is 2. The third-order valence-electron chi connectivity index (χ3n) is 5.40. The molecule has 0 N–H and O–H groups in total. The number of piperazine rings is 1. The Bertz CT molecular complexity index is 1110. The Balaban J connectivity index is 1.43. The molecule has 3 aromatic rings. The first-order chi connectivity index (χ1) is 15.5. The van der Waals surface area contributed by atoms with Gasteiger partial charge in [0.2, 0.25) is 5.91 Å². The summed E-state index contributed by atoms with van der Waals surface area (Å²) in [5.74, 6) is -0.927. The topological polar surface area (TPSA) is 58.4 Å². The van der Waals surface area contributed by atoms with Crippen molar-refractivity contribution >= 4 is 23.6 Å². The third-order valence-corrected chi connectivity index (χ3v) is 6.06. The zero-order valence-electron chi connectivity index (χ0n) is 17.5. The summed E-state index contributed by atoms with van der Waals surface area (Å²) < 4.78 is 28.1. The van der Waals surface area contributed by atoms with Crippen LogP contribution < -0.4 is 0 Å². The second-order valence-corrected chi connectivity index (χ2v) is 8.19. The maximum Gasteiger partial charge on any atom is 0.272 e. The van der Waals surface area contributed by atoms with Gasteiger partial charge in [-0.25, -0.2) is 13.8 Å². The van der Waals surface area contributed by atoms with Crippen LogP contribution in [0.15, 0.2) is 59.9 Å². The molecule has 4 rings (SSSR count). The van der Waals surface area contributed by atoms with Crippen LogP contribution in [0.25, 0.3) is 5.69 Å². The van der Waals surface area contributed by atoms with Crippen molar-refractivity contribution < 1.29 is 18.4 Å². The number of halogens is 2. The zero-order chi connectivity index (χ0) is 22.7. The number of thioether (sulfide) groups is 1. The quantitative estimate of drug-likeness (QED) is 0.553.